The number of allylic oxidation sites excluding steroid dienone is 15. The topological polar surface area (TPSA) is 69.6 Å². The summed E-state index contributed by atoms with van der Waals surface area (Å²) >= 11 is 0. The van der Waals surface area contributed by atoms with Gasteiger partial charge in [-0.3, -0.25) is 4.79 Å². The lowest BCUT2D eigenvalue weighted by atomic mass is 10.0. The molecule has 464 valence electrons. The molecule has 1 amide bonds. The van der Waals surface area contributed by atoms with Gasteiger partial charge in [-0.15, -0.1) is 0 Å². The smallest absolute Gasteiger partial charge is 0.220 e. The van der Waals surface area contributed by atoms with Crippen molar-refractivity contribution in [2.24, 2.45) is 0 Å². The van der Waals surface area contributed by atoms with Gasteiger partial charge in [0, 0.05) is 6.42 Å². The first-order chi connectivity index (χ1) is 39.7. The number of carbonyl (C=O) groups is 1. The van der Waals surface area contributed by atoms with Gasteiger partial charge in [0.05, 0.1) is 18.8 Å². The Hall–Kier alpha value is -2.69. The Labute approximate surface area is 500 Å². The van der Waals surface area contributed by atoms with Gasteiger partial charge in [0.15, 0.2) is 0 Å². The Bertz CT molecular complexity index is 1450. The fourth-order valence-corrected chi connectivity index (χ4v) is 10.8. The quantitative estimate of drug-likeness (QED) is 0.0420. The van der Waals surface area contributed by atoms with Crippen molar-refractivity contribution in [1.82, 2.24) is 5.32 Å². The molecule has 0 aliphatic rings. The van der Waals surface area contributed by atoms with Gasteiger partial charge in [0.1, 0.15) is 0 Å². The molecule has 0 saturated carbocycles. The highest BCUT2D eigenvalue weighted by atomic mass is 16.3. The Balaban J connectivity index is 3.47. The summed E-state index contributed by atoms with van der Waals surface area (Å²) < 4.78 is 0. The molecule has 0 aromatic rings. The number of aliphatic hydroxyl groups excluding tert-OH is 2. The van der Waals surface area contributed by atoms with Crippen LogP contribution in [-0.2, 0) is 4.79 Å². The van der Waals surface area contributed by atoms with Crippen molar-refractivity contribution < 1.29 is 15.0 Å². The van der Waals surface area contributed by atoms with Crippen molar-refractivity contribution >= 4 is 5.91 Å². The summed E-state index contributed by atoms with van der Waals surface area (Å²) in [5.41, 5.74) is 0. The number of hydrogen-bond donors (Lipinski definition) is 3. The van der Waals surface area contributed by atoms with E-state index in [0.29, 0.717) is 6.42 Å². The number of unbranched alkanes of at least 4 members (excludes halogenated alkanes) is 44. The average molecular weight is 1110 g/mol. The van der Waals surface area contributed by atoms with E-state index in [1.807, 2.05) is 6.08 Å². The molecular formula is C76H137NO3. The second kappa shape index (κ2) is 70.6. The molecule has 3 N–H and O–H groups in total. The maximum atomic E-state index is 12.5. The number of hydrogen-bond acceptors (Lipinski definition) is 3. The fourth-order valence-electron chi connectivity index (χ4n) is 10.8. The molecule has 0 aliphatic carbocycles. The second-order valence-corrected chi connectivity index (χ2v) is 23.9. The van der Waals surface area contributed by atoms with Crippen LogP contribution in [-0.4, -0.2) is 34.9 Å². The minimum atomic E-state index is -0.844. The molecule has 0 saturated heterocycles. The van der Waals surface area contributed by atoms with Crippen LogP contribution in [0.3, 0.4) is 0 Å². The number of amides is 1. The van der Waals surface area contributed by atoms with E-state index in [0.717, 1.165) is 70.6 Å². The first-order valence-corrected chi connectivity index (χ1v) is 35.5. The molecule has 2 atom stereocenters. The van der Waals surface area contributed by atoms with E-state index < -0.39 is 12.1 Å². The summed E-state index contributed by atoms with van der Waals surface area (Å²) in [7, 11) is 0. The molecule has 0 rings (SSSR count). The molecule has 0 fully saturated rings. The van der Waals surface area contributed by atoms with E-state index in [1.54, 1.807) is 6.08 Å². The standard InChI is InChI=1S/C76H137NO3/c1-3-5-7-9-11-13-15-17-19-21-23-25-27-29-31-33-34-35-36-37-38-39-40-41-42-44-46-48-50-52-54-56-58-60-62-64-66-68-70-72-76(80)77-74(73-78)75(79)71-69-67-65-63-61-59-57-55-53-51-49-47-45-43-32-30-28-26-24-22-20-18-16-14-12-10-8-6-4-2/h5,7,11,13,17,19,23,25,29,31,34-35,37-38,69,71,74-75,78-79H,3-4,6,8-10,12,14-16,18,20-22,24,26-28,30,32-33,36,39-68,70,72-73H2,1-2H3,(H,77,80)/b7-5-,13-11-,19-17-,25-23-,31-29-,35-34-,38-37-,71-69+. The van der Waals surface area contributed by atoms with Crippen LogP contribution in [0.1, 0.15) is 361 Å². The van der Waals surface area contributed by atoms with Crippen molar-refractivity contribution in [3.05, 3.63) is 97.2 Å². The number of carbonyl (C=O) groups excluding carboxylic acids is 1. The SMILES string of the molecule is CC/C=C\C/C=C\C/C=C\C/C=C\C/C=C\C/C=C\C/C=C\CCCCCCCCCCCCCCCCCCCC(=O)NC(CO)C(O)/C=C/CCCCCCCCCCCCCCCCCCCCCCCCCCCCC. The Morgan fingerprint density at radius 3 is 0.825 bits per heavy atom. The molecule has 0 aliphatic heterocycles. The Morgan fingerprint density at radius 1 is 0.312 bits per heavy atom. The first-order valence-electron chi connectivity index (χ1n) is 35.5. The Kier molecular flexibility index (Phi) is 68.2. The van der Waals surface area contributed by atoms with Crippen molar-refractivity contribution in [1.29, 1.82) is 0 Å². The monoisotopic (exact) mass is 1110 g/mol. The van der Waals surface area contributed by atoms with E-state index in [1.165, 1.54) is 270 Å². The summed E-state index contributed by atoms with van der Waals surface area (Å²) in [6.07, 6.45) is 105. The third-order valence-corrected chi connectivity index (χ3v) is 16.1. The van der Waals surface area contributed by atoms with Crippen LogP contribution in [0.15, 0.2) is 97.2 Å². The van der Waals surface area contributed by atoms with Gasteiger partial charge in [-0.25, -0.2) is 0 Å². The molecular weight excluding hydrogens is 975 g/mol. The number of rotatable bonds is 65. The lowest BCUT2D eigenvalue weighted by molar-refractivity contribution is -0.123. The second-order valence-electron chi connectivity index (χ2n) is 23.9. The van der Waals surface area contributed by atoms with Crippen LogP contribution in [0.25, 0.3) is 0 Å². The minimum absolute atomic E-state index is 0.0607. The lowest BCUT2D eigenvalue weighted by Crippen LogP contribution is -2.45. The molecule has 0 aromatic carbocycles. The largest absolute Gasteiger partial charge is 0.394 e. The fraction of sp³-hybridized carbons (Fsp3) is 0.776. The van der Waals surface area contributed by atoms with E-state index in [9.17, 15) is 15.0 Å². The highest BCUT2D eigenvalue weighted by Gasteiger charge is 2.18. The minimum Gasteiger partial charge on any atom is -0.394 e. The first kappa shape index (κ1) is 77.3. The lowest BCUT2D eigenvalue weighted by Gasteiger charge is -2.20. The highest BCUT2D eigenvalue weighted by Crippen LogP contribution is 2.18. The number of nitrogens with one attached hydrogen (secondary N) is 1. The molecule has 80 heavy (non-hydrogen) atoms. The van der Waals surface area contributed by atoms with Crippen molar-refractivity contribution in [3.8, 4) is 0 Å². The van der Waals surface area contributed by atoms with Crippen LogP contribution < -0.4 is 5.32 Å². The zero-order valence-electron chi connectivity index (χ0n) is 53.6. The van der Waals surface area contributed by atoms with Crippen molar-refractivity contribution in [2.75, 3.05) is 6.61 Å². The normalized spacial score (nSPS) is 13.3. The molecule has 0 bridgehead atoms. The van der Waals surface area contributed by atoms with Crippen LogP contribution >= 0.6 is 0 Å². The molecule has 4 nitrogen and oxygen atoms in total. The van der Waals surface area contributed by atoms with Crippen LogP contribution in [0, 0.1) is 0 Å². The third-order valence-electron chi connectivity index (χ3n) is 16.1. The maximum Gasteiger partial charge on any atom is 0.220 e. The molecule has 0 aromatic heterocycles. The highest BCUT2D eigenvalue weighted by molar-refractivity contribution is 5.76. The Morgan fingerprint density at radius 2 is 0.550 bits per heavy atom. The summed E-state index contributed by atoms with van der Waals surface area (Å²) in [5.74, 6) is -0.0607. The summed E-state index contributed by atoms with van der Waals surface area (Å²) in [6, 6.07) is -0.628. The zero-order valence-corrected chi connectivity index (χ0v) is 53.6. The van der Waals surface area contributed by atoms with Gasteiger partial charge in [-0.2, -0.15) is 0 Å². The van der Waals surface area contributed by atoms with Gasteiger partial charge in [0.25, 0.3) is 0 Å². The van der Waals surface area contributed by atoms with E-state index in [2.05, 4.69) is 104 Å². The number of aliphatic hydroxyl groups is 2. The summed E-state index contributed by atoms with van der Waals surface area (Å²) in [5, 5.41) is 23.3. The predicted molar refractivity (Wildman–Crippen MR) is 359 cm³/mol. The summed E-state index contributed by atoms with van der Waals surface area (Å²) in [4.78, 5) is 12.5. The van der Waals surface area contributed by atoms with E-state index >= 15 is 0 Å². The third kappa shape index (κ3) is 66.1. The van der Waals surface area contributed by atoms with Gasteiger partial charge >= 0.3 is 0 Å². The van der Waals surface area contributed by atoms with E-state index in [4.69, 9.17) is 0 Å². The van der Waals surface area contributed by atoms with E-state index in [-0.39, 0.29) is 12.5 Å². The van der Waals surface area contributed by atoms with Gasteiger partial charge in [-0.05, 0) is 77.0 Å². The van der Waals surface area contributed by atoms with Gasteiger partial charge < -0.3 is 15.5 Å². The van der Waals surface area contributed by atoms with Gasteiger partial charge in [0.2, 0.25) is 5.91 Å². The van der Waals surface area contributed by atoms with Gasteiger partial charge in [-0.1, -0.05) is 374 Å². The predicted octanol–water partition coefficient (Wildman–Crippen LogP) is 24.4. The molecule has 0 heterocycles. The molecule has 0 radical (unpaired) electrons. The van der Waals surface area contributed by atoms with Crippen LogP contribution in [0.2, 0.25) is 0 Å². The molecule has 0 spiro atoms. The van der Waals surface area contributed by atoms with Crippen LogP contribution in [0.5, 0.6) is 0 Å². The maximum absolute atomic E-state index is 12.5. The van der Waals surface area contributed by atoms with Crippen molar-refractivity contribution in [3.63, 3.8) is 0 Å². The summed E-state index contributed by atoms with van der Waals surface area (Å²) in [6.45, 7) is 4.23. The molecule has 2 unspecified atom stereocenters. The zero-order chi connectivity index (χ0) is 57.6. The molecule has 4 heteroatoms. The van der Waals surface area contributed by atoms with Crippen LogP contribution in [0.4, 0.5) is 0 Å². The van der Waals surface area contributed by atoms with Crippen molar-refractivity contribution in [2.45, 2.75) is 373 Å². The average Bonchev–Trinajstić information content (AvgIpc) is 3.46.